The Morgan fingerprint density at radius 3 is 2.31 bits per heavy atom. The largest absolute Gasteiger partial charge is 0.547 e. The van der Waals surface area contributed by atoms with Gasteiger partial charge in [0.15, 0.2) is 0 Å². The lowest BCUT2D eigenvalue weighted by molar-refractivity contribution is -0.310. The number of allylic oxidation sites excluding steroid dienone is 2. The number of carbonyl (C=O) groups excluding carboxylic acids is 2. The first-order valence-corrected chi connectivity index (χ1v) is 9.05. The summed E-state index contributed by atoms with van der Waals surface area (Å²) in [5.41, 5.74) is 1.45. The zero-order valence-electron chi connectivity index (χ0n) is 13.6. The van der Waals surface area contributed by atoms with Crippen LogP contribution in [0.2, 0.25) is 0 Å². The molecular formula is C20H14NO3S2-. The van der Waals surface area contributed by atoms with Crippen LogP contribution in [-0.2, 0) is 9.59 Å². The highest BCUT2D eigenvalue weighted by Crippen LogP contribution is 2.37. The Bertz CT molecular complexity index is 892. The molecule has 0 bridgehead atoms. The molecule has 1 heterocycles. The summed E-state index contributed by atoms with van der Waals surface area (Å²) in [5, 5.41) is 11.7. The van der Waals surface area contributed by atoms with Crippen molar-refractivity contribution in [3.63, 3.8) is 0 Å². The second-order valence-corrected chi connectivity index (χ2v) is 7.15. The number of carboxylic acid groups (broad SMARTS) is 1. The first-order valence-electron chi connectivity index (χ1n) is 7.82. The summed E-state index contributed by atoms with van der Waals surface area (Å²) in [6, 6.07) is 16.9. The molecule has 6 heteroatoms. The predicted molar refractivity (Wildman–Crippen MR) is 105 cm³/mol. The molecular weight excluding hydrogens is 366 g/mol. The zero-order chi connectivity index (χ0) is 18.5. The van der Waals surface area contributed by atoms with E-state index in [1.807, 2.05) is 36.4 Å². The molecule has 3 rings (SSSR count). The first kappa shape index (κ1) is 18.1. The van der Waals surface area contributed by atoms with E-state index in [4.69, 9.17) is 12.2 Å². The van der Waals surface area contributed by atoms with E-state index in [1.165, 1.54) is 0 Å². The molecule has 0 saturated carbocycles. The second kappa shape index (κ2) is 8.12. The molecule has 1 atom stereocenters. The van der Waals surface area contributed by atoms with Crippen molar-refractivity contribution < 1.29 is 14.7 Å². The minimum Gasteiger partial charge on any atom is -0.547 e. The van der Waals surface area contributed by atoms with Crippen molar-refractivity contribution in [3.8, 4) is 0 Å². The lowest BCUT2D eigenvalue weighted by Gasteiger charge is -2.27. The standard InChI is InChI=1S/C20H15NO3S2/c22-18-16(13-7-10-14-8-3-1-4-9-14)26-20(25)21(18)17(19(23)24)15-11-5-2-6-12-15/h1-13,17H,(H,23,24)/p-1/b10-7+,16-13-/t17-/m0/s1. The van der Waals surface area contributed by atoms with Crippen LogP contribution in [0.5, 0.6) is 0 Å². The number of nitrogens with zero attached hydrogens (tertiary/aromatic N) is 1. The summed E-state index contributed by atoms with van der Waals surface area (Å²) >= 11 is 6.33. The lowest BCUT2D eigenvalue weighted by Crippen LogP contribution is -2.43. The molecule has 1 aliphatic heterocycles. The Labute approximate surface area is 160 Å². The molecule has 0 N–H and O–H groups in total. The van der Waals surface area contributed by atoms with Gasteiger partial charge in [-0.15, -0.1) is 0 Å². The van der Waals surface area contributed by atoms with Crippen molar-refractivity contribution in [3.05, 3.63) is 88.8 Å². The number of thiocarbonyl (C=S) groups is 1. The van der Waals surface area contributed by atoms with E-state index in [-0.39, 0.29) is 4.32 Å². The van der Waals surface area contributed by atoms with Crippen molar-refractivity contribution in [2.45, 2.75) is 6.04 Å². The molecule has 130 valence electrons. The molecule has 0 unspecified atom stereocenters. The number of carboxylic acids is 1. The third kappa shape index (κ3) is 3.92. The Kier molecular flexibility index (Phi) is 5.65. The SMILES string of the molecule is O=C([O-])[C@H](c1ccccc1)N1C(=O)/C(=C/C=C/c2ccccc2)SC1=S. The third-order valence-corrected chi connectivity index (χ3v) is 5.10. The highest BCUT2D eigenvalue weighted by molar-refractivity contribution is 8.26. The average Bonchev–Trinajstić information content (AvgIpc) is 2.91. The molecule has 0 spiro atoms. The van der Waals surface area contributed by atoms with Crippen LogP contribution in [-0.4, -0.2) is 21.1 Å². The molecule has 4 nitrogen and oxygen atoms in total. The summed E-state index contributed by atoms with van der Waals surface area (Å²) in [6.07, 6.45) is 5.25. The van der Waals surface area contributed by atoms with Crippen LogP contribution < -0.4 is 5.11 Å². The summed E-state index contributed by atoms with van der Waals surface area (Å²) in [5.74, 6) is -1.80. The van der Waals surface area contributed by atoms with Crippen LogP contribution in [0.3, 0.4) is 0 Å². The van der Waals surface area contributed by atoms with Crippen molar-refractivity contribution in [2.24, 2.45) is 0 Å². The number of thioether (sulfide) groups is 1. The zero-order valence-corrected chi connectivity index (χ0v) is 15.2. The molecule has 1 aliphatic rings. The van der Waals surface area contributed by atoms with E-state index in [0.717, 1.165) is 22.2 Å². The maximum Gasteiger partial charge on any atom is 0.267 e. The fourth-order valence-electron chi connectivity index (χ4n) is 2.55. The number of carbonyl (C=O) groups is 2. The fraction of sp³-hybridized carbons (Fsp3) is 0.0500. The maximum atomic E-state index is 12.7. The summed E-state index contributed by atoms with van der Waals surface area (Å²) in [7, 11) is 0. The minimum absolute atomic E-state index is 0.201. The number of hydrogen-bond donors (Lipinski definition) is 0. The Balaban J connectivity index is 1.85. The molecule has 1 fully saturated rings. The quantitative estimate of drug-likeness (QED) is 0.590. The molecule has 2 aromatic rings. The molecule has 0 aliphatic carbocycles. The normalized spacial score (nSPS) is 17.2. The molecule has 26 heavy (non-hydrogen) atoms. The van der Waals surface area contributed by atoms with Crippen molar-refractivity contribution >= 4 is 46.3 Å². The topological polar surface area (TPSA) is 60.4 Å². The van der Waals surface area contributed by atoms with Gasteiger partial charge in [0.05, 0.1) is 10.9 Å². The number of benzene rings is 2. The fourth-order valence-corrected chi connectivity index (χ4v) is 3.82. The number of hydrogen-bond acceptors (Lipinski definition) is 5. The smallest absolute Gasteiger partial charge is 0.267 e. The van der Waals surface area contributed by atoms with Gasteiger partial charge in [-0.3, -0.25) is 9.69 Å². The van der Waals surface area contributed by atoms with Gasteiger partial charge in [0.25, 0.3) is 5.91 Å². The van der Waals surface area contributed by atoms with Crippen LogP contribution >= 0.6 is 24.0 Å². The van der Waals surface area contributed by atoms with Gasteiger partial charge in [-0.25, -0.2) is 0 Å². The maximum absolute atomic E-state index is 12.7. The summed E-state index contributed by atoms with van der Waals surface area (Å²) in [6.45, 7) is 0. The Morgan fingerprint density at radius 1 is 1.08 bits per heavy atom. The van der Waals surface area contributed by atoms with E-state index >= 15 is 0 Å². The Hall–Kier alpha value is -2.70. The van der Waals surface area contributed by atoms with E-state index < -0.39 is 17.9 Å². The van der Waals surface area contributed by atoms with E-state index in [2.05, 4.69) is 0 Å². The predicted octanol–water partition coefficient (Wildman–Crippen LogP) is 2.94. The van der Waals surface area contributed by atoms with Gasteiger partial charge in [-0.1, -0.05) is 96.8 Å². The van der Waals surface area contributed by atoms with Gasteiger partial charge in [0.1, 0.15) is 10.4 Å². The third-order valence-electron chi connectivity index (χ3n) is 3.76. The number of rotatable bonds is 5. The monoisotopic (exact) mass is 380 g/mol. The van der Waals surface area contributed by atoms with Gasteiger partial charge < -0.3 is 9.90 Å². The molecule has 1 saturated heterocycles. The highest BCUT2D eigenvalue weighted by atomic mass is 32.2. The average molecular weight is 380 g/mol. The van der Waals surface area contributed by atoms with Crippen LogP contribution in [0.15, 0.2) is 77.7 Å². The van der Waals surface area contributed by atoms with Crippen LogP contribution in [0.25, 0.3) is 6.08 Å². The van der Waals surface area contributed by atoms with Gasteiger partial charge in [-0.2, -0.15) is 0 Å². The minimum atomic E-state index is -1.37. The van der Waals surface area contributed by atoms with E-state index in [9.17, 15) is 14.7 Å². The Morgan fingerprint density at radius 2 is 1.69 bits per heavy atom. The molecule has 1 amide bonds. The first-order chi connectivity index (χ1) is 12.6. The highest BCUT2D eigenvalue weighted by Gasteiger charge is 2.38. The van der Waals surface area contributed by atoms with Gasteiger partial charge in [-0.05, 0) is 17.2 Å². The van der Waals surface area contributed by atoms with Crippen LogP contribution in [0, 0.1) is 0 Å². The van der Waals surface area contributed by atoms with Crippen molar-refractivity contribution in [1.29, 1.82) is 0 Å². The number of amides is 1. The van der Waals surface area contributed by atoms with Gasteiger partial charge in [0.2, 0.25) is 0 Å². The van der Waals surface area contributed by atoms with Crippen molar-refractivity contribution in [1.82, 2.24) is 4.90 Å². The van der Waals surface area contributed by atoms with E-state index in [0.29, 0.717) is 10.5 Å². The molecule has 0 radical (unpaired) electrons. The summed E-state index contributed by atoms with van der Waals surface area (Å²) in [4.78, 5) is 25.9. The van der Waals surface area contributed by atoms with E-state index in [1.54, 1.807) is 42.5 Å². The van der Waals surface area contributed by atoms with Crippen LogP contribution in [0.4, 0.5) is 0 Å². The van der Waals surface area contributed by atoms with Crippen LogP contribution in [0.1, 0.15) is 17.2 Å². The van der Waals surface area contributed by atoms with Gasteiger partial charge in [0, 0.05) is 0 Å². The van der Waals surface area contributed by atoms with Gasteiger partial charge >= 0.3 is 0 Å². The number of aliphatic carboxylic acids is 1. The second-order valence-electron chi connectivity index (χ2n) is 5.48. The molecule has 2 aromatic carbocycles. The summed E-state index contributed by atoms with van der Waals surface area (Å²) < 4.78 is 0.201. The lowest BCUT2D eigenvalue weighted by atomic mass is 10.1. The van der Waals surface area contributed by atoms with Crippen molar-refractivity contribution in [2.75, 3.05) is 0 Å². The molecule has 0 aromatic heterocycles.